The molecule has 0 bridgehead atoms. The van der Waals surface area contributed by atoms with E-state index in [4.69, 9.17) is 27.9 Å². The monoisotopic (exact) mass is 744 g/mol. The predicted molar refractivity (Wildman–Crippen MR) is 178 cm³/mol. The summed E-state index contributed by atoms with van der Waals surface area (Å²) in [5, 5.41) is 19.2. The van der Waals surface area contributed by atoms with Crippen molar-refractivity contribution >= 4 is 35.0 Å². The van der Waals surface area contributed by atoms with Crippen molar-refractivity contribution in [2.75, 3.05) is 6.61 Å². The lowest BCUT2D eigenvalue weighted by Gasteiger charge is -2.29. The van der Waals surface area contributed by atoms with Gasteiger partial charge in [0.05, 0.1) is 34.9 Å². The van der Waals surface area contributed by atoms with E-state index in [9.17, 15) is 32.7 Å². The Hall–Kier alpha value is -4.90. The summed E-state index contributed by atoms with van der Waals surface area (Å²) in [4.78, 5) is 51.1. The Balaban J connectivity index is 1.48. The van der Waals surface area contributed by atoms with Gasteiger partial charge in [-0.3, -0.25) is 19.1 Å². The third-order valence-electron chi connectivity index (χ3n) is 7.77. The number of alkyl halides is 3. The Labute approximate surface area is 297 Å². The normalized spacial score (nSPS) is 14.6. The van der Waals surface area contributed by atoms with Gasteiger partial charge in [0.2, 0.25) is 0 Å². The molecule has 13 nitrogen and oxygen atoms in total. The molecule has 2 aromatic carbocycles. The van der Waals surface area contributed by atoms with Gasteiger partial charge in [0, 0.05) is 16.8 Å². The summed E-state index contributed by atoms with van der Waals surface area (Å²) in [6.07, 6.45) is -6.46. The minimum absolute atomic E-state index is 0.0118. The molecule has 6 rings (SSSR count). The minimum Gasteiger partial charge on any atom is -0.382 e. The zero-order chi connectivity index (χ0) is 36.8. The number of carbonyl (C=O) groups is 2. The third-order valence-corrected chi connectivity index (χ3v) is 8.32. The molecule has 0 radical (unpaired) electrons. The Bertz CT molecular complexity index is 2140. The number of aliphatic hydroxyl groups is 1. The summed E-state index contributed by atoms with van der Waals surface area (Å²) in [6, 6.07) is 14.1. The highest BCUT2D eigenvalue weighted by Crippen LogP contribution is 2.34. The molecule has 4 heterocycles. The fourth-order valence-corrected chi connectivity index (χ4v) is 5.68. The Kier molecular flexibility index (Phi) is 9.63. The molecule has 1 aliphatic rings. The van der Waals surface area contributed by atoms with Crippen molar-refractivity contribution in [3.05, 3.63) is 110 Å². The number of benzene rings is 2. The van der Waals surface area contributed by atoms with E-state index in [1.54, 1.807) is 39.0 Å². The maximum atomic E-state index is 13.7. The molecule has 0 saturated heterocycles. The van der Waals surface area contributed by atoms with E-state index < -0.39 is 54.5 Å². The SMILES string of the molecule is CC(C)(C)OCC(c1nc(Cn2nc(-c3ccc(Cl)cc3)n(CC(O)C(F)(F)F)c2=O)nn1-c1ncccc1Cl)N1C(=O)c2ccccc2C1=O. The Morgan fingerprint density at radius 3 is 2.14 bits per heavy atom. The van der Waals surface area contributed by atoms with E-state index in [-0.39, 0.29) is 51.6 Å². The van der Waals surface area contributed by atoms with E-state index in [1.165, 1.54) is 53.3 Å². The molecule has 5 aromatic rings. The number of rotatable bonds is 10. The fraction of sp³-hybridized carbons (Fsp3) is 0.303. The smallest absolute Gasteiger partial charge is 0.382 e. The first-order chi connectivity index (χ1) is 24.0. The molecule has 1 N–H and O–H groups in total. The Morgan fingerprint density at radius 1 is 0.902 bits per heavy atom. The molecule has 0 aliphatic carbocycles. The molecule has 51 heavy (non-hydrogen) atoms. The van der Waals surface area contributed by atoms with Crippen molar-refractivity contribution in [3.63, 3.8) is 0 Å². The van der Waals surface area contributed by atoms with E-state index in [0.717, 1.165) is 9.58 Å². The van der Waals surface area contributed by atoms with Crippen molar-refractivity contribution in [2.24, 2.45) is 0 Å². The average Bonchev–Trinajstić information content (AvgIpc) is 3.70. The van der Waals surface area contributed by atoms with Gasteiger partial charge in [-0.25, -0.2) is 19.4 Å². The molecule has 0 saturated carbocycles. The number of carbonyl (C=O) groups excluding carboxylic acids is 2. The molecule has 18 heteroatoms. The molecular formula is C33H29Cl2F3N8O5. The van der Waals surface area contributed by atoms with Crippen LogP contribution in [-0.2, 0) is 17.8 Å². The molecule has 1 aliphatic heterocycles. The second-order valence-corrected chi connectivity index (χ2v) is 13.4. The molecule has 2 unspecified atom stereocenters. The Morgan fingerprint density at radius 2 is 1.55 bits per heavy atom. The first-order valence-electron chi connectivity index (χ1n) is 15.4. The van der Waals surface area contributed by atoms with Crippen LogP contribution in [0.2, 0.25) is 10.0 Å². The highest BCUT2D eigenvalue weighted by molar-refractivity contribution is 6.32. The van der Waals surface area contributed by atoms with Gasteiger partial charge < -0.3 is 9.84 Å². The van der Waals surface area contributed by atoms with Crippen molar-refractivity contribution in [1.29, 1.82) is 0 Å². The second-order valence-electron chi connectivity index (χ2n) is 12.5. The predicted octanol–water partition coefficient (Wildman–Crippen LogP) is 5.12. The number of ether oxygens (including phenoxy) is 1. The van der Waals surface area contributed by atoms with Crippen LogP contribution in [0.5, 0.6) is 0 Å². The molecule has 266 valence electrons. The number of pyridine rings is 1. The van der Waals surface area contributed by atoms with Crippen LogP contribution in [-0.4, -0.2) is 80.4 Å². The van der Waals surface area contributed by atoms with Gasteiger partial charge in [-0.1, -0.05) is 35.3 Å². The quantitative estimate of drug-likeness (QED) is 0.192. The number of imide groups is 1. The molecule has 3 aromatic heterocycles. The van der Waals surface area contributed by atoms with E-state index in [1.807, 2.05) is 0 Å². The molecule has 0 spiro atoms. The number of aliphatic hydroxyl groups excluding tert-OH is 1. The second kappa shape index (κ2) is 13.7. The van der Waals surface area contributed by atoms with Crippen LogP contribution in [0.15, 0.2) is 71.7 Å². The van der Waals surface area contributed by atoms with E-state index in [2.05, 4.69) is 20.2 Å². The maximum absolute atomic E-state index is 13.7. The number of aromatic nitrogens is 7. The van der Waals surface area contributed by atoms with Crippen LogP contribution < -0.4 is 5.69 Å². The molecular weight excluding hydrogens is 716 g/mol. The van der Waals surface area contributed by atoms with Crippen LogP contribution >= 0.6 is 23.2 Å². The van der Waals surface area contributed by atoms with Gasteiger partial charge in [0.1, 0.15) is 12.6 Å². The lowest BCUT2D eigenvalue weighted by atomic mass is 10.1. The first kappa shape index (κ1) is 35.9. The lowest BCUT2D eigenvalue weighted by molar-refractivity contribution is -0.207. The lowest BCUT2D eigenvalue weighted by Crippen LogP contribution is -2.39. The highest BCUT2D eigenvalue weighted by atomic mass is 35.5. The first-order valence-corrected chi connectivity index (χ1v) is 16.1. The van der Waals surface area contributed by atoms with Crippen LogP contribution in [0, 0.1) is 0 Å². The summed E-state index contributed by atoms with van der Waals surface area (Å²) >= 11 is 12.5. The molecule has 0 fully saturated rings. The van der Waals surface area contributed by atoms with Crippen LogP contribution in [0.25, 0.3) is 17.2 Å². The third kappa shape index (κ3) is 7.30. The van der Waals surface area contributed by atoms with Crippen LogP contribution in [0.1, 0.15) is 59.2 Å². The van der Waals surface area contributed by atoms with Gasteiger partial charge >= 0.3 is 11.9 Å². The van der Waals surface area contributed by atoms with E-state index in [0.29, 0.717) is 9.59 Å². The highest BCUT2D eigenvalue weighted by Gasteiger charge is 2.44. The summed E-state index contributed by atoms with van der Waals surface area (Å²) in [7, 11) is 0. The van der Waals surface area contributed by atoms with Crippen molar-refractivity contribution < 1.29 is 32.6 Å². The van der Waals surface area contributed by atoms with Gasteiger partial charge in [-0.2, -0.15) is 17.9 Å². The summed E-state index contributed by atoms with van der Waals surface area (Å²) < 4.78 is 49.1. The van der Waals surface area contributed by atoms with Crippen molar-refractivity contribution in [3.8, 4) is 17.2 Å². The molecule has 2 amide bonds. The van der Waals surface area contributed by atoms with E-state index >= 15 is 0 Å². The molecule has 2 atom stereocenters. The topological polar surface area (TPSA) is 150 Å². The minimum atomic E-state index is -5.02. The largest absolute Gasteiger partial charge is 0.416 e. The summed E-state index contributed by atoms with van der Waals surface area (Å²) in [6.45, 7) is 3.48. The van der Waals surface area contributed by atoms with Gasteiger partial charge in [-0.05, 0) is 69.3 Å². The van der Waals surface area contributed by atoms with Gasteiger partial charge in [0.25, 0.3) is 11.8 Å². The van der Waals surface area contributed by atoms with Gasteiger partial charge in [0.15, 0.2) is 29.4 Å². The summed E-state index contributed by atoms with van der Waals surface area (Å²) in [5.41, 5.74) is -1.14. The average molecular weight is 746 g/mol. The fourth-order valence-electron chi connectivity index (χ4n) is 5.36. The number of hydrogen-bond donors (Lipinski definition) is 1. The zero-order valence-corrected chi connectivity index (χ0v) is 28.7. The summed E-state index contributed by atoms with van der Waals surface area (Å²) in [5.74, 6) is -1.44. The zero-order valence-electron chi connectivity index (χ0n) is 27.2. The van der Waals surface area contributed by atoms with Crippen molar-refractivity contribution in [1.82, 2.24) is 39.0 Å². The standard InChI is InChI=1S/C33H29Cl2F3N8O5/c1-32(2,3)51-17-23(45-29(48)20-7-4-5-8-21(20)30(45)49)28-40-25(41-46(28)27-22(35)9-6-14-39-27)16-44-31(50)43(15-24(47)33(36,37)38)26(42-44)18-10-12-19(34)13-11-18/h4-14,23-24,47H,15-17H2,1-3H3. The number of amides is 2. The number of nitrogens with zero attached hydrogens (tertiary/aromatic N) is 8. The van der Waals surface area contributed by atoms with Gasteiger partial charge in [-0.15, -0.1) is 10.2 Å². The maximum Gasteiger partial charge on any atom is 0.416 e. The number of halogens is 5. The van der Waals surface area contributed by atoms with Crippen LogP contribution in [0.4, 0.5) is 13.2 Å². The number of hydrogen-bond acceptors (Lipinski definition) is 9. The number of fused-ring (bicyclic) bond motifs is 1. The van der Waals surface area contributed by atoms with Crippen LogP contribution in [0.3, 0.4) is 0 Å². The van der Waals surface area contributed by atoms with Crippen molar-refractivity contribution in [2.45, 2.75) is 57.8 Å².